The van der Waals surface area contributed by atoms with Crippen molar-refractivity contribution in [3.63, 3.8) is 0 Å². The van der Waals surface area contributed by atoms with Crippen LogP contribution in [0.4, 0.5) is 4.79 Å². The van der Waals surface area contributed by atoms with E-state index >= 15 is 0 Å². The smallest absolute Gasteiger partial charge is 0.409 e. The zero-order chi connectivity index (χ0) is 17.4. The summed E-state index contributed by atoms with van der Waals surface area (Å²) in [4.78, 5) is 31.6. The Kier molecular flexibility index (Phi) is 6.80. The molecule has 0 radical (unpaired) electrons. The van der Waals surface area contributed by atoms with E-state index in [1.165, 1.54) is 0 Å². The van der Waals surface area contributed by atoms with E-state index in [2.05, 4.69) is 4.98 Å². The molecule has 0 aromatic carbocycles. The number of rotatable bonds is 6. The first kappa shape index (κ1) is 18.0. The lowest BCUT2D eigenvalue weighted by Gasteiger charge is -2.34. The van der Waals surface area contributed by atoms with Crippen LogP contribution >= 0.6 is 0 Å². The molecule has 1 aliphatic heterocycles. The van der Waals surface area contributed by atoms with Crippen LogP contribution in [-0.2, 0) is 9.47 Å². The third-order valence-corrected chi connectivity index (χ3v) is 3.61. The Balaban J connectivity index is 1.90. The van der Waals surface area contributed by atoms with E-state index in [-0.39, 0.29) is 12.0 Å². The summed E-state index contributed by atoms with van der Waals surface area (Å²) in [6.07, 6.45) is 1.21. The number of nitrogens with zero attached hydrogens (tertiary/aromatic N) is 3. The second-order valence-electron chi connectivity index (χ2n) is 5.20. The molecule has 8 nitrogen and oxygen atoms in total. The number of carbonyl (C=O) groups is 2. The van der Waals surface area contributed by atoms with Crippen LogP contribution in [0.3, 0.4) is 0 Å². The quantitative estimate of drug-likeness (QED) is 0.721. The van der Waals surface area contributed by atoms with Gasteiger partial charge >= 0.3 is 6.09 Å². The Hall–Kier alpha value is -2.35. The minimum absolute atomic E-state index is 0.0995. The number of pyridine rings is 1. The molecule has 1 aliphatic rings. The highest BCUT2D eigenvalue weighted by atomic mass is 16.6. The summed E-state index contributed by atoms with van der Waals surface area (Å²) >= 11 is 0. The van der Waals surface area contributed by atoms with E-state index in [9.17, 15) is 9.59 Å². The number of aromatic nitrogens is 1. The summed E-state index contributed by atoms with van der Waals surface area (Å²) in [6.45, 7) is 4.82. The Morgan fingerprint density at radius 3 is 2.54 bits per heavy atom. The van der Waals surface area contributed by atoms with Gasteiger partial charge in [0.05, 0.1) is 13.2 Å². The molecular formula is C16H23N3O5. The molecule has 1 saturated heterocycles. The van der Waals surface area contributed by atoms with E-state index < -0.39 is 0 Å². The maximum atomic E-state index is 12.6. The van der Waals surface area contributed by atoms with Gasteiger partial charge in [-0.25, -0.2) is 9.78 Å². The molecule has 1 fully saturated rings. The van der Waals surface area contributed by atoms with Gasteiger partial charge in [0.15, 0.2) is 0 Å². The normalized spacial score (nSPS) is 14.4. The monoisotopic (exact) mass is 337 g/mol. The largest absolute Gasteiger partial charge is 0.475 e. The van der Waals surface area contributed by atoms with Gasteiger partial charge in [0.2, 0.25) is 5.88 Å². The third-order valence-electron chi connectivity index (χ3n) is 3.61. The SMILES string of the molecule is CCOC(=O)N1CCN(C(=O)c2ccnc(OCCOC)c2)CC1. The molecule has 2 heterocycles. The van der Waals surface area contributed by atoms with Crippen LogP contribution in [-0.4, -0.2) is 79.9 Å². The molecule has 1 aromatic rings. The van der Waals surface area contributed by atoms with Crippen LogP contribution in [0.25, 0.3) is 0 Å². The number of carbonyl (C=O) groups excluding carboxylic acids is 2. The van der Waals surface area contributed by atoms with Crippen molar-refractivity contribution in [1.29, 1.82) is 0 Å². The van der Waals surface area contributed by atoms with Gasteiger partial charge in [-0.3, -0.25) is 4.79 Å². The fraction of sp³-hybridized carbons (Fsp3) is 0.562. The predicted octanol–water partition coefficient (Wildman–Crippen LogP) is 1.02. The standard InChI is InChI=1S/C16H23N3O5/c1-3-23-16(21)19-8-6-18(7-9-19)15(20)13-4-5-17-14(12-13)24-11-10-22-2/h4-5,12H,3,6-11H2,1-2H3. The van der Waals surface area contributed by atoms with Crippen LogP contribution in [0.1, 0.15) is 17.3 Å². The average molecular weight is 337 g/mol. The van der Waals surface area contributed by atoms with E-state index in [1.807, 2.05) is 0 Å². The molecule has 1 aromatic heterocycles. The van der Waals surface area contributed by atoms with Crippen molar-refractivity contribution in [2.24, 2.45) is 0 Å². The van der Waals surface area contributed by atoms with Crippen molar-refractivity contribution in [3.05, 3.63) is 23.9 Å². The summed E-state index contributed by atoms with van der Waals surface area (Å²) in [5, 5.41) is 0. The molecule has 0 bridgehead atoms. The highest BCUT2D eigenvalue weighted by molar-refractivity contribution is 5.94. The first-order valence-electron chi connectivity index (χ1n) is 7.94. The zero-order valence-electron chi connectivity index (χ0n) is 14.1. The highest BCUT2D eigenvalue weighted by Gasteiger charge is 2.25. The van der Waals surface area contributed by atoms with Gasteiger partial charge in [0, 0.05) is 51.1 Å². The second-order valence-corrected chi connectivity index (χ2v) is 5.20. The van der Waals surface area contributed by atoms with Crippen molar-refractivity contribution in [1.82, 2.24) is 14.8 Å². The lowest BCUT2D eigenvalue weighted by atomic mass is 10.2. The van der Waals surface area contributed by atoms with Gasteiger partial charge < -0.3 is 24.0 Å². The van der Waals surface area contributed by atoms with Crippen molar-refractivity contribution in [3.8, 4) is 5.88 Å². The number of amides is 2. The van der Waals surface area contributed by atoms with E-state index in [4.69, 9.17) is 14.2 Å². The van der Waals surface area contributed by atoms with Gasteiger partial charge in [-0.2, -0.15) is 0 Å². The van der Waals surface area contributed by atoms with Gasteiger partial charge in [-0.1, -0.05) is 0 Å². The van der Waals surface area contributed by atoms with Crippen molar-refractivity contribution in [2.75, 3.05) is 53.1 Å². The molecule has 132 valence electrons. The average Bonchev–Trinajstić information content (AvgIpc) is 2.62. The molecule has 0 saturated carbocycles. The molecule has 2 rings (SSSR count). The third kappa shape index (κ3) is 4.82. The summed E-state index contributed by atoms with van der Waals surface area (Å²) in [6, 6.07) is 3.28. The summed E-state index contributed by atoms with van der Waals surface area (Å²) in [7, 11) is 1.59. The molecule has 0 aliphatic carbocycles. The van der Waals surface area contributed by atoms with Crippen molar-refractivity contribution < 1.29 is 23.8 Å². The maximum Gasteiger partial charge on any atom is 0.409 e. The minimum Gasteiger partial charge on any atom is -0.475 e. The van der Waals surface area contributed by atoms with Gasteiger partial charge in [-0.15, -0.1) is 0 Å². The zero-order valence-corrected chi connectivity index (χ0v) is 14.1. The number of piperazine rings is 1. The maximum absolute atomic E-state index is 12.6. The fourth-order valence-electron chi connectivity index (χ4n) is 2.34. The Labute approximate surface area is 141 Å². The van der Waals surface area contributed by atoms with E-state index in [0.29, 0.717) is 57.4 Å². The van der Waals surface area contributed by atoms with Gasteiger partial charge in [0.1, 0.15) is 6.61 Å². The summed E-state index contributed by atoms with van der Waals surface area (Å²) in [5.74, 6) is 0.292. The molecule has 0 N–H and O–H groups in total. The molecule has 24 heavy (non-hydrogen) atoms. The topological polar surface area (TPSA) is 81.2 Å². The second kappa shape index (κ2) is 9.07. The number of ether oxygens (including phenoxy) is 3. The highest BCUT2D eigenvalue weighted by Crippen LogP contribution is 2.14. The lowest BCUT2D eigenvalue weighted by molar-refractivity contribution is 0.0570. The Morgan fingerprint density at radius 2 is 1.88 bits per heavy atom. The first-order chi connectivity index (χ1) is 11.7. The Morgan fingerprint density at radius 1 is 1.17 bits per heavy atom. The first-order valence-corrected chi connectivity index (χ1v) is 7.94. The van der Waals surface area contributed by atoms with Gasteiger partial charge in [0.25, 0.3) is 5.91 Å². The van der Waals surface area contributed by atoms with E-state index in [1.54, 1.807) is 42.2 Å². The molecule has 0 spiro atoms. The van der Waals surface area contributed by atoms with Crippen molar-refractivity contribution >= 4 is 12.0 Å². The number of hydrogen-bond acceptors (Lipinski definition) is 6. The summed E-state index contributed by atoms with van der Waals surface area (Å²) in [5.41, 5.74) is 0.516. The van der Waals surface area contributed by atoms with Crippen LogP contribution in [0.15, 0.2) is 18.3 Å². The number of hydrogen-bond donors (Lipinski definition) is 0. The van der Waals surface area contributed by atoms with E-state index in [0.717, 1.165) is 0 Å². The molecule has 0 unspecified atom stereocenters. The number of methoxy groups -OCH3 is 1. The molecule has 0 atom stereocenters. The van der Waals surface area contributed by atoms with Crippen LogP contribution in [0, 0.1) is 0 Å². The Bertz CT molecular complexity index is 558. The van der Waals surface area contributed by atoms with Gasteiger partial charge in [-0.05, 0) is 13.0 Å². The molecular weight excluding hydrogens is 314 g/mol. The molecule has 8 heteroatoms. The van der Waals surface area contributed by atoms with Crippen molar-refractivity contribution in [2.45, 2.75) is 6.92 Å². The minimum atomic E-state index is -0.331. The predicted molar refractivity (Wildman–Crippen MR) is 86.1 cm³/mol. The van der Waals surface area contributed by atoms with Crippen LogP contribution in [0.2, 0.25) is 0 Å². The fourth-order valence-corrected chi connectivity index (χ4v) is 2.34. The lowest BCUT2D eigenvalue weighted by Crippen LogP contribution is -2.50. The van der Waals surface area contributed by atoms with Crippen LogP contribution in [0.5, 0.6) is 5.88 Å². The molecule has 2 amide bonds. The van der Waals surface area contributed by atoms with Crippen LogP contribution < -0.4 is 4.74 Å². The summed E-state index contributed by atoms with van der Waals surface area (Å²) < 4.78 is 15.3.